The van der Waals surface area contributed by atoms with E-state index in [-0.39, 0.29) is 23.5 Å². The third-order valence-electron chi connectivity index (χ3n) is 6.57. The van der Waals surface area contributed by atoms with Gasteiger partial charge in [0.15, 0.2) is 5.78 Å². The molecule has 0 saturated heterocycles. The molecule has 1 amide bonds. The number of amides is 1. The second-order valence-electron chi connectivity index (χ2n) is 9.63. The van der Waals surface area contributed by atoms with E-state index >= 15 is 0 Å². The summed E-state index contributed by atoms with van der Waals surface area (Å²) < 4.78 is 0. The van der Waals surface area contributed by atoms with Crippen LogP contribution in [0.2, 0.25) is 0 Å². The van der Waals surface area contributed by atoms with Crippen LogP contribution < -0.4 is 10.6 Å². The van der Waals surface area contributed by atoms with E-state index in [0.29, 0.717) is 19.3 Å². The lowest BCUT2D eigenvalue weighted by Gasteiger charge is -2.25. The molecule has 0 fully saturated rings. The van der Waals surface area contributed by atoms with Gasteiger partial charge in [-0.25, -0.2) is 0 Å². The molecular weight excluding hydrogens is 448 g/mol. The summed E-state index contributed by atoms with van der Waals surface area (Å²) in [4.78, 5) is 26.6. The van der Waals surface area contributed by atoms with Crippen molar-refractivity contribution in [3.05, 3.63) is 90.0 Å². The van der Waals surface area contributed by atoms with E-state index in [1.165, 1.54) is 0 Å². The first-order valence-electron chi connectivity index (χ1n) is 12.6. The molecule has 0 aliphatic heterocycles. The van der Waals surface area contributed by atoms with E-state index in [0.717, 1.165) is 32.7 Å². The SMILES string of the molecule is CCC(=O)C(Cc1c2ccccc2cc2ccccc12)NC(=O)C(Cc1ccc(O)cc1)NC(C)C. The molecule has 0 aliphatic rings. The second-order valence-corrected chi connectivity index (χ2v) is 9.63. The first kappa shape index (κ1) is 25.4. The number of carbonyl (C=O) groups is 2. The minimum atomic E-state index is -0.631. The van der Waals surface area contributed by atoms with Gasteiger partial charge in [-0.1, -0.05) is 81.4 Å². The molecule has 0 saturated carbocycles. The molecule has 0 spiro atoms. The topological polar surface area (TPSA) is 78.4 Å². The first-order valence-corrected chi connectivity index (χ1v) is 12.6. The fraction of sp³-hybridized carbons (Fsp3) is 0.290. The number of hydrogen-bond donors (Lipinski definition) is 3. The molecular formula is C31H34N2O3. The summed E-state index contributed by atoms with van der Waals surface area (Å²) in [7, 11) is 0. The Hall–Kier alpha value is -3.70. The average molecular weight is 483 g/mol. The molecule has 4 rings (SSSR count). The van der Waals surface area contributed by atoms with Gasteiger partial charge < -0.3 is 15.7 Å². The van der Waals surface area contributed by atoms with E-state index in [1.54, 1.807) is 12.1 Å². The number of fused-ring (bicyclic) bond motifs is 2. The molecule has 3 N–H and O–H groups in total. The van der Waals surface area contributed by atoms with Gasteiger partial charge in [-0.05, 0) is 57.3 Å². The Morgan fingerprint density at radius 2 is 1.39 bits per heavy atom. The molecule has 2 atom stereocenters. The van der Waals surface area contributed by atoms with E-state index in [2.05, 4.69) is 41.0 Å². The summed E-state index contributed by atoms with van der Waals surface area (Å²) in [5.41, 5.74) is 2.00. The van der Waals surface area contributed by atoms with Crippen molar-refractivity contribution in [2.45, 2.75) is 58.2 Å². The molecule has 0 bridgehead atoms. The third-order valence-corrected chi connectivity index (χ3v) is 6.57. The van der Waals surface area contributed by atoms with Crippen molar-refractivity contribution in [1.82, 2.24) is 10.6 Å². The summed E-state index contributed by atoms with van der Waals surface area (Å²) in [6.45, 7) is 5.82. The lowest BCUT2D eigenvalue weighted by atomic mass is 9.91. The molecule has 5 nitrogen and oxygen atoms in total. The Morgan fingerprint density at radius 3 is 1.94 bits per heavy atom. The van der Waals surface area contributed by atoms with Crippen molar-refractivity contribution in [3.63, 3.8) is 0 Å². The number of benzene rings is 4. The third kappa shape index (κ3) is 5.92. The Bertz CT molecular complexity index is 1310. The van der Waals surface area contributed by atoms with Crippen molar-refractivity contribution >= 4 is 33.2 Å². The highest BCUT2D eigenvalue weighted by Crippen LogP contribution is 2.29. The van der Waals surface area contributed by atoms with Gasteiger partial charge in [-0.3, -0.25) is 9.59 Å². The summed E-state index contributed by atoms with van der Waals surface area (Å²) in [6.07, 6.45) is 1.22. The minimum absolute atomic E-state index is 0.00768. The largest absolute Gasteiger partial charge is 0.508 e. The van der Waals surface area contributed by atoms with Crippen LogP contribution in [0, 0.1) is 0 Å². The van der Waals surface area contributed by atoms with Crippen molar-refractivity contribution in [2.75, 3.05) is 0 Å². The summed E-state index contributed by atoms with van der Waals surface area (Å²) in [5, 5.41) is 20.5. The summed E-state index contributed by atoms with van der Waals surface area (Å²) >= 11 is 0. The quantitative estimate of drug-likeness (QED) is 0.268. The number of carbonyl (C=O) groups excluding carboxylic acids is 2. The predicted octanol–water partition coefficient (Wildman–Crippen LogP) is 5.31. The lowest BCUT2D eigenvalue weighted by Crippen LogP contribution is -2.53. The van der Waals surface area contributed by atoms with Crippen molar-refractivity contribution in [3.8, 4) is 5.75 Å². The van der Waals surface area contributed by atoms with Gasteiger partial charge >= 0.3 is 0 Å². The summed E-state index contributed by atoms with van der Waals surface area (Å²) in [6, 6.07) is 24.4. The van der Waals surface area contributed by atoms with Crippen molar-refractivity contribution in [2.24, 2.45) is 0 Å². The smallest absolute Gasteiger partial charge is 0.238 e. The zero-order chi connectivity index (χ0) is 25.7. The van der Waals surface area contributed by atoms with Crippen LogP contribution in [0.1, 0.15) is 38.3 Å². The zero-order valence-electron chi connectivity index (χ0n) is 21.1. The average Bonchev–Trinajstić information content (AvgIpc) is 2.88. The number of hydrogen-bond acceptors (Lipinski definition) is 4. The highest BCUT2D eigenvalue weighted by Gasteiger charge is 2.27. The number of phenolic OH excluding ortho intramolecular Hbond substituents is 1. The van der Waals surface area contributed by atoms with E-state index < -0.39 is 12.1 Å². The Labute approximate surface area is 212 Å². The predicted molar refractivity (Wildman–Crippen MR) is 146 cm³/mol. The fourth-order valence-corrected chi connectivity index (χ4v) is 4.79. The second kappa shape index (κ2) is 11.4. The number of rotatable bonds is 10. The molecule has 0 aromatic heterocycles. The minimum Gasteiger partial charge on any atom is -0.508 e. The maximum Gasteiger partial charge on any atom is 0.238 e. The van der Waals surface area contributed by atoms with Crippen LogP contribution in [0.4, 0.5) is 0 Å². The number of aromatic hydroxyl groups is 1. The zero-order valence-corrected chi connectivity index (χ0v) is 21.1. The van der Waals surface area contributed by atoms with E-state index in [1.807, 2.05) is 57.2 Å². The summed E-state index contributed by atoms with van der Waals surface area (Å²) in [5.74, 6) is -0.00564. The maximum absolute atomic E-state index is 13.5. The first-order chi connectivity index (χ1) is 17.4. The normalized spacial score (nSPS) is 13.1. The van der Waals surface area contributed by atoms with Gasteiger partial charge in [0.05, 0.1) is 12.1 Å². The van der Waals surface area contributed by atoms with Crippen LogP contribution >= 0.6 is 0 Å². The number of Topliss-reactive ketones (excluding diaryl/α,β-unsaturated/α-hetero) is 1. The number of ketones is 1. The molecule has 4 aromatic rings. The highest BCUT2D eigenvalue weighted by molar-refractivity contribution is 6.03. The van der Waals surface area contributed by atoms with Crippen LogP contribution in [0.3, 0.4) is 0 Å². The van der Waals surface area contributed by atoms with Gasteiger partial charge in [0.1, 0.15) is 5.75 Å². The molecule has 2 unspecified atom stereocenters. The molecule has 0 heterocycles. The van der Waals surface area contributed by atoms with Crippen molar-refractivity contribution in [1.29, 1.82) is 0 Å². The Balaban J connectivity index is 1.65. The Morgan fingerprint density at radius 1 is 0.806 bits per heavy atom. The molecule has 0 radical (unpaired) electrons. The highest BCUT2D eigenvalue weighted by atomic mass is 16.3. The van der Waals surface area contributed by atoms with Gasteiger partial charge in [-0.15, -0.1) is 0 Å². The fourth-order valence-electron chi connectivity index (χ4n) is 4.79. The van der Waals surface area contributed by atoms with Crippen LogP contribution in [0.15, 0.2) is 78.9 Å². The monoisotopic (exact) mass is 482 g/mol. The van der Waals surface area contributed by atoms with E-state index in [9.17, 15) is 14.7 Å². The molecule has 5 heteroatoms. The maximum atomic E-state index is 13.5. The van der Waals surface area contributed by atoms with Gasteiger partial charge in [0.25, 0.3) is 0 Å². The Kier molecular flexibility index (Phi) is 8.01. The number of phenols is 1. The van der Waals surface area contributed by atoms with Crippen molar-refractivity contribution < 1.29 is 14.7 Å². The van der Waals surface area contributed by atoms with Crippen LogP contribution in [-0.4, -0.2) is 34.9 Å². The van der Waals surface area contributed by atoms with Crippen LogP contribution in [-0.2, 0) is 22.4 Å². The number of nitrogens with one attached hydrogen (secondary N) is 2. The van der Waals surface area contributed by atoms with Gasteiger partial charge in [0.2, 0.25) is 5.91 Å². The standard InChI is InChI=1S/C31H34N2O3/c1-4-30(35)28(33-31(36)29(32-20(2)3)17-21-13-15-24(34)16-14-21)19-27-25-11-7-5-9-22(25)18-23-10-6-8-12-26(23)27/h5-16,18,20,28-29,32,34H,4,17,19H2,1-3H3,(H,33,36). The molecule has 186 valence electrons. The van der Waals surface area contributed by atoms with Crippen LogP contribution in [0.25, 0.3) is 21.5 Å². The molecule has 0 aliphatic carbocycles. The molecule has 4 aromatic carbocycles. The van der Waals surface area contributed by atoms with Gasteiger partial charge in [0, 0.05) is 18.9 Å². The molecule has 36 heavy (non-hydrogen) atoms. The van der Waals surface area contributed by atoms with Gasteiger partial charge in [-0.2, -0.15) is 0 Å². The van der Waals surface area contributed by atoms with E-state index in [4.69, 9.17) is 0 Å². The van der Waals surface area contributed by atoms with Crippen LogP contribution in [0.5, 0.6) is 5.75 Å². The lowest BCUT2D eigenvalue weighted by molar-refractivity contribution is -0.129.